The van der Waals surface area contributed by atoms with Gasteiger partial charge < -0.3 is 5.73 Å². The normalized spacial score (nSPS) is 18.6. The summed E-state index contributed by atoms with van der Waals surface area (Å²) in [7, 11) is -3.44. The second-order valence-electron chi connectivity index (χ2n) is 8.74. The van der Waals surface area contributed by atoms with Gasteiger partial charge in [-0.15, -0.1) is 0 Å². The molecule has 1 aliphatic carbocycles. The molecule has 2 atom stereocenters. The van der Waals surface area contributed by atoms with Crippen molar-refractivity contribution < 1.29 is 27.9 Å². The Kier molecular flexibility index (Phi) is 10.6. The van der Waals surface area contributed by atoms with Gasteiger partial charge in [-0.3, -0.25) is 0 Å². The van der Waals surface area contributed by atoms with Crippen molar-refractivity contribution in [3.05, 3.63) is 63.2 Å². The van der Waals surface area contributed by atoms with E-state index >= 15 is 0 Å². The Balaban J connectivity index is 0.000000324. The summed E-state index contributed by atoms with van der Waals surface area (Å²) in [6, 6.07) is 6.66. The molecule has 0 bridgehead atoms. The first-order valence-electron chi connectivity index (χ1n) is 10.8. The number of nitrogens with one attached hydrogen (secondary N) is 1. The summed E-state index contributed by atoms with van der Waals surface area (Å²) in [5.74, 6) is 0. The molecule has 0 aliphatic heterocycles. The minimum absolute atomic E-state index is 0. The van der Waals surface area contributed by atoms with Crippen LogP contribution >= 0.6 is 0 Å². The van der Waals surface area contributed by atoms with Crippen LogP contribution in [0.15, 0.2) is 29.2 Å². The molecular weight excluding hydrogens is 493 g/mol. The Morgan fingerprint density at radius 1 is 0.742 bits per heavy atom. The van der Waals surface area contributed by atoms with Gasteiger partial charge in [-0.05, 0) is 107 Å². The van der Waals surface area contributed by atoms with Crippen LogP contribution in [0.5, 0.6) is 0 Å². The van der Waals surface area contributed by atoms with Gasteiger partial charge >= 0.3 is 0 Å². The molecule has 4 nitrogen and oxygen atoms in total. The SMILES string of the molecule is Cc1c(C)c(C)c(C)c(C)c1C.Cc1ccc(S(=O)(=O)N[C@@H]2CCCC[C@H]2N)cc1.[Ru]. The second-order valence-corrected chi connectivity index (χ2v) is 10.5. The van der Waals surface area contributed by atoms with Crippen molar-refractivity contribution in [1.82, 2.24) is 4.72 Å². The molecule has 2 aromatic carbocycles. The van der Waals surface area contributed by atoms with Crippen molar-refractivity contribution in [3.63, 3.8) is 0 Å². The van der Waals surface area contributed by atoms with Crippen molar-refractivity contribution >= 4 is 10.0 Å². The van der Waals surface area contributed by atoms with Gasteiger partial charge in [0.2, 0.25) is 10.0 Å². The topological polar surface area (TPSA) is 72.2 Å². The van der Waals surface area contributed by atoms with Gasteiger partial charge in [0.05, 0.1) is 4.90 Å². The van der Waals surface area contributed by atoms with E-state index in [2.05, 4.69) is 46.3 Å². The average molecular weight is 532 g/mol. The predicted molar refractivity (Wildman–Crippen MR) is 127 cm³/mol. The molecule has 1 fully saturated rings. The molecule has 0 unspecified atom stereocenters. The fourth-order valence-electron chi connectivity index (χ4n) is 3.98. The molecule has 1 aliphatic rings. The molecule has 0 heterocycles. The van der Waals surface area contributed by atoms with Crippen molar-refractivity contribution in [2.45, 2.75) is 91.1 Å². The zero-order chi connectivity index (χ0) is 22.6. The van der Waals surface area contributed by atoms with Gasteiger partial charge in [0.15, 0.2) is 0 Å². The van der Waals surface area contributed by atoms with Crippen LogP contribution in [0.25, 0.3) is 0 Å². The van der Waals surface area contributed by atoms with Crippen LogP contribution in [0, 0.1) is 48.5 Å². The molecule has 0 aromatic heterocycles. The van der Waals surface area contributed by atoms with Crippen molar-refractivity contribution in [1.29, 1.82) is 0 Å². The van der Waals surface area contributed by atoms with Crippen LogP contribution in [0.2, 0.25) is 0 Å². The molecule has 0 radical (unpaired) electrons. The van der Waals surface area contributed by atoms with Crippen LogP contribution in [0.3, 0.4) is 0 Å². The van der Waals surface area contributed by atoms with Crippen molar-refractivity contribution in [2.24, 2.45) is 5.73 Å². The van der Waals surface area contributed by atoms with E-state index in [1.165, 1.54) is 33.4 Å². The molecule has 6 heteroatoms. The van der Waals surface area contributed by atoms with E-state index in [9.17, 15) is 8.42 Å². The Morgan fingerprint density at radius 2 is 1.13 bits per heavy atom. The Labute approximate surface area is 202 Å². The van der Waals surface area contributed by atoms with E-state index in [1.54, 1.807) is 24.3 Å². The number of hydrogen-bond donors (Lipinski definition) is 2. The van der Waals surface area contributed by atoms with Gasteiger partial charge in [-0.25, -0.2) is 13.1 Å². The van der Waals surface area contributed by atoms with E-state index < -0.39 is 10.0 Å². The zero-order valence-electron chi connectivity index (χ0n) is 19.9. The molecule has 0 saturated heterocycles. The van der Waals surface area contributed by atoms with Crippen LogP contribution in [-0.4, -0.2) is 20.5 Å². The molecular formula is C25H38N2O2RuS. The predicted octanol–water partition coefficient (Wildman–Crippen LogP) is 5.08. The first-order valence-corrected chi connectivity index (χ1v) is 12.3. The van der Waals surface area contributed by atoms with Crippen LogP contribution < -0.4 is 10.5 Å². The standard InChI is InChI=1S/C13H20N2O2S.C12H18.Ru/c1-10-6-8-11(9-7-10)18(16,17)15-13-5-3-2-4-12(13)14;1-7-8(2)10(4)12(6)11(5)9(7)3;/h6-9,12-13,15H,2-5,14H2,1H3;1-6H3;/t12-,13-;;/m1../s1. The largest absolute Gasteiger partial charge is 0.326 e. The molecule has 2 aromatic rings. The minimum Gasteiger partial charge on any atom is -0.326 e. The molecule has 0 spiro atoms. The summed E-state index contributed by atoms with van der Waals surface area (Å²) in [5.41, 5.74) is 15.7. The molecule has 3 N–H and O–H groups in total. The molecule has 3 rings (SSSR count). The zero-order valence-corrected chi connectivity index (χ0v) is 22.5. The van der Waals surface area contributed by atoms with E-state index in [0.29, 0.717) is 4.90 Å². The van der Waals surface area contributed by atoms with Crippen LogP contribution in [-0.2, 0) is 29.5 Å². The van der Waals surface area contributed by atoms with E-state index in [4.69, 9.17) is 5.73 Å². The Morgan fingerprint density at radius 3 is 1.52 bits per heavy atom. The van der Waals surface area contributed by atoms with Gasteiger partial charge in [-0.2, -0.15) is 0 Å². The number of sulfonamides is 1. The van der Waals surface area contributed by atoms with Gasteiger partial charge in [0.25, 0.3) is 0 Å². The van der Waals surface area contributed by atoms with E-state index in [0.717, 1.165) is 31.2 Å². The summed E-state index contributed by atoms with van der Waals surface area (Å²) >= 11 is 0. The maximum absolute atomic E-state index is 12.2. The Hall–Kier alpha value is -1.07. The molecule has 1 saturated carbocycles. The first kappa shape index (κ1) is 28.0. The average Bonchev–Trinajstić information content (AvgIpc) is 2.72. The van der Waals surface area contributed by atoms with Crippen LogP contribution in [0.4, 0.5) is 0 Å². The summed E-state index contributed by atoms with van der Waals surface area (Å²) in [6.45, 7) is 15.2. The molecule has 31 heavy (non-hydrogen) atoms. The number of rotatable bonds is 3. The monoisotopic (exact) mass is 532 g/mol. The fourth-order valence-corrected chi connectivity index (χ4v) is 5.30. The summed E-state index contributed by atoms with van der Waals surface area (Å²) in [4.78, 5) is 0.311. The number of hydrogen-bond acceptors (Lipinski definition) is 3. The smallest absolute Gasteiger partial charge is 0.240 e. The van der Waals surface area contributed by atoms with E-state index in [1.807, 2.05) is 6.92 Å². The van der Waals surface area contributed by atoms with Crippen molar-refractivity contribution in [3.8, 4) is 0 Å². The molecule has 174 valence electrons. The number of benzene rings is 2. The van der Waals surface area contributed by atoms with Crippen molar-refractivity contribution in [2.75, 3.05) is 0 Å². The third-order valence-electron chi connectivity index (χ3n) is 6.83. The second kappa shape index (κ2) is 11.7. The van der Waals surface area contributed by atoms with Crippen LogP contribution in [0.1, 0.15) is 64.6 Å². The summed E-state index contributed by atoms with van der Waals surface area (Å²) < 4.78 is 27.1. The maximum atomic E-state index is 12.2. The number of aryl methyl sites for hydroxylation is 1. The molecule has 0 amide bonds. The van der Waals surface area contributed by atoms with Gasteiger partial charge in [-0.1, -0.05) is 30.5 Å². The number of nitrogens with two attached hydrogens (primary N) is 1. The van der Waals surface area contributed by atoms with Gasteiger partial charge in [0, 0.05) is 31.6 Å². The van der Waals surface area contributed by atoms with E-state index in [-0.39, 0.29) is 31.6 Å². The summed E-state index contributed by atoms with van der Waals surface area (Å²) in [6.07, 6.45) is 3.84. The van der Waals surface area contributed by atoms with Gasteiger partial charge in [0.1, 0.15) is 0 Å². The third-order valence-corrected chi connectivity index (χ3v) is 8.34. The third kappa shape index (κ3) is 6.96. The fraction of sp³-hybridized carbons (Fsp3) is 0.520. The Bertz CT molecular complexity index is 881. The summed E-state index contributed by atoms with van der Waals surface area (Å²) in [5, 5.41) is 0. The first-order chi connectivity index (χ1) is 14.0. The minimum atomic E-state index is -3.44. The quantitative estimate of drug-likeness (QED) is 0.543. The maximum Gasteiger partial charge on any atom is 0.240 e.